The molecule has 1 aromatic rings. The SMILES string of the molecule is CC(C)[N+](=O)[O-].c1ccc2c(c1)CN2. The van der Waals surface area contributed by atoms with Gasteiger partial charge in [0, 0.05) is 31.0 Å². The van der Waals surface area contributed by atoms with Gasteiger partial charge in [-0.1, -0.05) is 18.2 Å². The van der Waals surface area contributed by atoms with E-state index in [0.29, 0.717) is 0 Å². The number of nitro groups is 1. The van der Waals surface area contributed by atoms with Gasteiger partial charge in [-0.05, 0) is 11.6 Å². The Labute approximate surface area is 83.1 Å². The van der Waals surface area contributed by atoms with Crippen LogP contribution < -0.4 is 5.32 Å². The van der Waals surface area contributed by atoms with Crippen LogP contribution in [0, 0.1) is 10.1 Å². The van der Waals surface area contributed by atoms with E-state index < -0.39 is 6.04 Å². The Morgan fingerprint density at radius 3 is 2.21 bits per heavy atom. The van der Waals surface area contributed by atoms with E-state index in [1.54, 1.807) is 13.8 Å². The van der Waals surface area contributed by atoms with Crippen molar-refractivity contribution >= 4 is 5.69 Å². The maximum absolute atomic E-state index is 9.50. The quantitative estimate of drug-likeness (QED) is 0.551. The molecule has 1 aliphatic heterocycles. The molecule has 0 fully saturated rings. The van der Waals surface area contributed by atoms with E-state index in [2.05, 4.69) is 23.5 Å². The van der Waals surface area contributed by atoms with Crippen molar-refractivity contribution in [3.63, 3.8) is 0 Å². The van der Waals surface area contributed by atoms with E-state index in [9.17, 15) is 10.1 Å². The third-order valence-electron chi connectivity index (χ3n) is 1.91. The van der Waals surface area contributed by atoms with E-state index >= 15 is 0 Å². The minimum Gasteiger partial charge on any atom is -0.381 e. The van der Waals surface area contributed by atoms with Crippen molar-refractivity contribution < 1.29 is 4.92 Å². The third-order valence-corrected chi connectivity index (χ3v) is 1.91. The van der Waals surface area contributed by atoms with Crippen molar-refractivity contribution in [2.75, 3.05) is 5.32 Å². The number of rotatable bonds is 1. The summed E-state index contributed by atoms with van der Waals surface area (Å²) in [5, 5.41) is 12.7. The van der Waals surface area contributed by atoms with E-state index in [4.69, 9.17) is 0 Å². The second-order valence-electron chi connectivity index (χ2n) is 3.39. The van der Waals surface area contributed by atoms with Crippen LogP contribution in [0.4, 0.5) is 5.69 Å². The predicted octanol–water partition coefficient (Wildman–Crippen LogP) is 2.28. The summed E-state index contributed by atoms with van der Waals surface area (Å²) < 4.78 is 0. The summed E-state index contributed by atoms with van der Waals surface area (Å²) >= 11 is 0. The number of hydrogen-bond donors (Lipinski definition) is 1. The zero-order valence-electron chi connectivity index (χ0n) is 8.36. The van der Waals surface area contributed by atoms with Gasteiger partial charge < -0.3 is 5.32 Å². The molecule has 1 N–H and O–H groups in total. The molecular weight excluding hydrogens is 180 g/mol. The molecule has 14 heavy (non-hydrogen) atoms. The van der Waals surface area contributed by atoms with Crippen molar-refractivity contribution in [1.29, 1.82) is 0 Å². The predicted molar refractivity (Wildman–Crippen MR) is 55.9 cm³/mol. The van der Waals surface area contributed by atoms with Crippen LogP contribution in [0.1, 0.15) is 19.4 Å². The number of nitrogens with one attached hydrogen (secondary N) is 1. The monoisotopic (exact) mass is 194 g/mol. The lowest BCUT2D eigenvalue weighted by Crippen LogP contribution is -2.12. The minimum atomic E-state index is -0.426. The molecule has 4 heteroatoms. The van der Waals surface area contributed by atoms with Crippen LogP contribution in [0.25, 0.3) is 0 Å². The van der Waals surface area contributed by atoms with Crippen LogP contribution >= 0.6 is 0 Å². The van der Waals surface area contributed by atoms with Gasteiger partial charge in [-0.3, -0.25) is 10.1 Å². The summed E-state index contributed by atoms with van der Waals surface area (Å²) in [7, 11) is 0. The van der Waals surface area contributed by atoms with Crippen LogP contribution in [0.2, 0.25) is 0 Å². The zero-order valence-corrected chi connectivity index (χ0v) is 8.36. The van der Waals surface area contributed by atoms with E-state index in [1.165, 1.54) is 11.3 Å². The van der Waals surface area contributed by atoms with Crippen molar-refractivity contribution in [2.45, 2.75) is 26.4 Å². The Balaban J connectivity index is 0.000000149. The smallest absolute Gasteiger partial charge is 0.207 e. The lowest BCUT2D eigenvalue weighted by Gasteiger charge is -2.19. The standard InChI is InChI=1S/C7H7N.C3H7NO2/c1-2-4-7-6(3-1)5-8-7;1-3(2)4(5)6/h1-4,8H,5H2;3H,1-2H3. The van der Waals surface area contributed by atoms with Gasteiger partial charge in [0.1, 0.15) is 0 Å². The fourth-order valence-corrected chi connectivity index (χ4v) is 0.931. The summed E-state index contributed by atoms with van der Waals surface area (Å²) in [6.07, 6.45) is 0. The molecule has 0 atom stereocenters. The first-order valence-electron chi connectivity index (χ1n) is 4.56. The Morgan fingerprint density at radius 1 is 1.43 bits per heavy atom. The first-order chi connectivity index (χ1) is 6.61. The molecule has 4 nitrogen and oxygen atoms in total. The highest BCUT2D eigenvalue weighted by atomic mass is 16.6. The van der Waals surface area contributed by atoms with Gasteiger partial charge in [0.15, 0.2) is 0 Å². The number of para-hydroxylation sites is 1. The van der Waals surface area contributed by atoms with Gasteiger partial charge in [0.2, 0.25) is 6.04 Å². The highest BCUT2D eigenvalue weighted by molar-refractivity contribution is 5.58. The topological polar surface area (TPSA) is 55.2 Å². The lowest BCUT2D eigenvalue weighted by molar-refractivity contribution is -0.513. The van der Waals surface area contributed by atoms with Gasteiger partial charge >= 0.3 is 0 Å². The van der Waals surface area contributed by atoms with E-state index in [0.717, 1.165) is 6.54 Å². The molecule has 1 heterocycles. The van der Waals surface area contributed by atoms with Crippen LogP contribution in [0.15, 0.2) is 24.3 Å². The molecular formula is C10H14N2O2. The Kier molecular flexibility index (Phi) is 3.45. The fraction of sp³-hybridized carbons (Fsp3) is 0.400. The van der Waals surface area contributed by atoms with E-state index in [1.807, 2.05) is 6.07 Å². The molecule has 0 aliphatic carbocycles. The minimum absolute atomic E-state index is 0.333. The van der Waals surface area contributed by atoms with Crippen molar-refractivity contribution in [3.8, 4) is 0 Å². The molecule has 0 radical (unpaired) electrons. The molecule has 2 rings (SSSR count). The van der Waals surface area contributed by atoms with Crippen LogP contribution in [0.5, 0.6) is 0 Å². The average Bonchev–Trinajstić information content (AvgIpc) is 2.08. The second-order valence-corrected chi connectivity index (χ2v) is 3.39. The maximum Gasteiger partial charge on any atom is 0.207 e. The molecule has 0 spiro atoms. The molecule has 0 aromatic heterocycles. The van der Waals surface area contributed by atoms with Crippen molar-refractivity contribution in [1.82, 2.24) is 0 Å². The number of fused-ring (bicyclic) bond motifs is 1. The summed E-state index contributed by atoms with van der Waals surface area (Å²) in [6.45, 7) is 4.14. The molecule has 0 saturated heterocycles. The van der Waals surface area contributed by atoms with Crippen LogP contribution in [-0.2, 0) is 6.54 Å². The number of anilines is 1. The first kappa shape index (κ1) is 10.5. The summed E-state index contributed by atoms with van der Waals surface area (Å²) in [5.41, 5.74) is 2.74. The second kappa shape index (κ2) is 4.60. The maximum atomic E-state index is 9.50. The fourth-order valence-electron chi connectivity index (χ4n) is 0.931. The lowest BCUT2D eigenvalue weighted by atomic mass is 10.1. The van der Waals surface area contributed by atoms with Gasteiger partial charge in [0.25, 0.3) is 0 Å². The summed E-state index contributed by atoms with van der Waals surface area (Å²) in [5.74, 6) is 0. The third kappa shape index (κ3) is 2.73. The van der Waals surface area contributed by atoms with E-state index in [-0.39, 0.29) is 4.92 Å². The first-order valence-corrected chi connectivity index (χ1v) is 4.56. The highest BCUT2D eigenvalue weighted by Crippen LogP contribution is 2.23. The molecule has 0 amide bonds. The molecule has 0 unspecified atom stereocenters. The molecule has 0 saturated carbocycles. The van der Waals surface area contributed by atoms with Crippen LogP contribution in [0.3, 0.4) is 0 Å². The molecule has 76 valence electrons. The normalized spacial score (nSPS) is 11.6. The Morgan fingerprint density at radius 2 is 2.00 bits per heavy atom. The largest absolute Gasteiger partial charge is 0.381 e. The van der Waals surface area contributed by atoms with Gasteiger partial charge in [-0.15, -0.1) is 0 Å². The van der Waals surface area contributed by atoms with Crippen molar-refractivity contribution in [3.05, 3.63) is 39.9 Å². The van der Waals surface area contributed by atoms with Crippen LogP contribution in [-0.4, -0.2) is 11.0 Å². The summed E-state index contributed by atoms with van der Waals surface area (Å²) in [6, 6.07) is 7.93. The highest BCUT2D eigenvalue weighted by Gasteiger charge is 2.07. The van der Waals surface area contributed by atoms with Gasteiger partial charge in [0.05, 0.1) is 0 Å². The zero-order chi connectivity index (χ0) is 10.6. The Hall–Kier alpha value is -1.58. The Bertz CT molecular complexity index is 301. The molecule has 1 aromatic carbocycles. The number of benzene rings is 1. The van der Waals surface area contributed by atoms with Crippen molar-refractivity contribution in [2.24, 2.45) is 0 Å². The molecule has 1 aliphatic rings. The molecule has 0 bridgehead atoms. The number of hydrogen-bond acceptors (Lipinski definition) is 3. The number of nitrogens with zero attached hydrogens (tertiary/aromatic N) is 1. The van der Waals surface area contributed by atoms with Gasteiger partial charge in [-0.25, -0.2) is 0 Å². The summed E-state index contributed by atoms with van der Waals surface area (Å²) in [4.78, 5) is 9.17. The van der Waals surface area contributed by atoms with Gasteiger partial charge in [-0.2, -0.15) is 0 Å². The average molecular weight is 194 g/mol.